The molecule has 1 aromatic heterocycles. The summed E-state index contributed by atoms with van der Waals surface area (Å²) in [5.74, 6) is -3.94. The van der Waals surface area contributed by atoms with Crippen LogP contribution in [-0.4, -0.2) is 13.1 Å². The van der Waals surface area contributed by atoms with Gasteiger partial charge in [0.15, 0.2) is 0 Å². The molecule has 33 heavy (non-hydrogen) atoms. The van der Waals surface area contributed by atoms with Gasteiger partial charge in [0, 0.05) is 33.6 Å². The number of esters is 1. The van der Waals surface area contributed by atoms with E-state index in [9.17, 15) is 9.18 Å². The van der Waals surface area contributed by atoms with E-state index < -0.39 is 18.2 Å². The summed E-state index contributed by atoms with van der Waals surface area (Å²) in [6.45, 7) is 2.21. The Bertz CT molecular complexity index is 1130. The van der Waals surface area contributed by atoms with Crippen molar-refractivity contribution >= 4 is 17.3 Å². The minimum atomic E-state index is -3.14. The van der Waals surface area contributed by atoms with Crippen LogP contribution >= 0.6 is 11.3 Å². The van der Waals surface area contributed by atoms with E-state index in [-0.39, 0.29) is 16.9 Å². The number of aryl methyl sites for hydroxylation is 1. The maximum atomic E-state index is 15.2. The van der Waals surface area contributed by atoms with Crippen LogP contribution in [0.2, 0.25) is 0 Å². The Hall–Kier alpha value is -2.60. The van der Waals surface area contributed by atoms with Crippen LogP contribution in [0.4, 0.5) is 13.2 Å². The molecule has 0 N–H and O–H groups in total. The molecule has 1 fully saturated rings. The number of thiophene rings is 1. The van der Waals surface area contributed by atoms with Gasteiger partial charge in [-0.15, -0.1) is 11.3 Å². The first kappa shape index (κ1) is 23.6. The summed E-state index contributed by atoms with van der Waals surface area (Å²) in [5, 5.41) is 0. The predicted octanol–water partition coefficient (Wildman–Crippen LogP) is 7.44. The van der Waals surface area contributed by atoms with Crippen LogP contribution in [0.1, 0.15) is 54.2 Å². The highest BCUT2D eigenvalue weighted by Gasteiger charge is 2.40. The number of alkyl halides is 2. The van der Waals surface area contributed by atoms with Crippen molar-refractivity contribution < 1.29 is 22.7 Å². The average Bonchev–Trinajstić information content (AvgIpc) is 3.33. The van der Waals surface area contributed by atoms with Gasteiger partial charge in [0.25, 0.3) is 5.92 Å². The summed E-state index contributed by atoms with van der Waals surface area (Å²) >= 11 is 1.61. The van der Waals surface area contributed by atoms with E-state index in [1.54, 1.807) is 29.5 Å². The number of methoxy groups -OCH3 is 1. The van der Waals surface area contributed by atoms with Crippen LogP contribution in [0.5, 0.6) is 0 Å². The van der Waals surface area contributed by atoms with E-state index in [1.807, 2.05) is 6.07 Å². The smallest absolute Gasteiger partial charge is 0.305 e. The third-order valence-electron chi connectivity index (χ3n) is 6.40. The largest absolute Gasteiger partial charge is 0.469 e. The number of benzene rings is 2. The summed E-state index contributed by atoms with van der Waals surface area (Å²) in [7, 11) is 1.34. The van der Waals surface area contributed by atoms with Gasteiger partial charge in [-0.25, -0.2) is 13.2 Å². The predicted molar refractivity (Wildman–Crippen MR) is 125 cm³/mol. The average molecular weight is 473 g/mol. The van der Waals surface area contributed by atoms with E-state index in [0.717, 1.165) is 23.3 Å². The summed E-state index contributed by atoms with van der Waals surface area (Å²) in [4.78, 5) is 13.4. The molecule has 0 atom stereocenters. The molecule has 3 aromatic rings. The van der Waals surface area contributed by atoms with E-state index >= 15 is 8.78 Å². The van der Waals surface area contributed by atoms with Gasteiger partial charge in [0.05, 0.1) is 7.11 Å². The molecule has 1 heterocycles. The maximum absolute atomic E-state index is 15.2. The molecule has 1 saturated carbocycles. The second-order valence-electron chi connectivity index (χ2n) is 9.03. The third kappa shape index (κ3) is 5.49. The first-order chi connectivity index (χ1) is 15.7. The van der Waals surface area contributed by atoms with E-state index in [0.29, 0.717) is 30.4 Å². The van der Waals surface area contributed by atoms with E-state index in [2.05, 4.69) is 17.7 Å². The first-order valence-corrected chi connectivity index (χ1v) is 11.9. The third-order valence-corrected chi connectivity index (χ3v) is 7.82. The Labute approximate surface area is 196 Å². The van der Waals surface area contributed by atoms with Crippen molar-refractivity contribution in [2.75, 3.05) is 7.11 Å². The van der Waals surface area contributed by atoms with Crippen molar-refractivity contribution in [1.82, 2.24) is 0 Å². The number of ether oxygens (including phenoxy) is 1. The van der Waals surface area contributed by atoms with Crippen molar-refractivity contribution in [2.45, 2.75) is 56.8 Å². The molecule has 0 amide bonds. The Kier molecular flexibility index (Phi) is 6.66. The summed E-state index contributed by atoms with van der Waals surface area (Å²) in [6, 6.07) is 14.4. The van der Waals surface area contributed by atoms with Crippen LogP contribution in [0.3, 0.4) is 0 Å². The molecule has 0 saturated heterocycles. The number of carbonyl (C=O) groups is 1. The molecule has 6 heteroatoms. The fraction of sp³-hybridized carbons (Fsp3) is 0.370. The molecule has 2 nitrogen and oxygen atoms in total. The molecular formula is C27H27F3O2S. The fourth-order valence-electron chi connectivity index (χ4n) is 3.99. The van der Waals surface area contributed by atoms with Crippen molar-refractivity contribution in [3.63, 3.8) is 0 Å². The molecule has 0 aliphatic heterocycles. The van der Waals surface area contributed by atoms with E-state index in [4.69, 9.17) is 0 Å². The lowest BCUT2D eigenvalue weighted by Crippen LogP contribution is -2.17. The van der Waals surface area contributed by atoms with Crippen LogP contribution in [0.25, 0.3) is 10.4 Å². The minimum Gasteiger partial charge on any atom is -0.469 e. The van der Waals surface area contributed by atoms with Gasteiger partial charge in [-0.05, 0) is 66.6 Å². The lowest BCUT2D eigenvalue weighted by Gasteiger charge is -2.19. The quantitative estimate of drug-likeness (QED) is 0.303. The van der Waals surface area contributed by atoms with Crippen molar-refractivity contribution in [3.05, 3.63) is 82.0 Å². The van der Waals surface area contributed by atoms with Gasteiger partial charge < -0.3 is 4.74 Å². The van der Waals surface area contributed by atoms with Gasteiger partial charge in [0.1, 0.15) is 5.82 Å². The molecule has 4 rings (SSSR count). The zero-order valence-electron chi connectivity index (χ0n) is 18.8. The highest BCUT2D eigenvalue weighted by Crippen LogP contribution is 2.51. The minimum absolute atomic E-state index is 0.105. The van der Waals surface area contributed by atoms with Gasteiger partial charge in [-0.3, -0.25) is 4.79 Å². The molecule has 0 bridgehead atoms. The van der Waals surface area contributed by atoms with Crippen molar-refractivity contribution in [3.8, 4) is 10.4 Å². The monoisotopic (exact) mass is 472 g/mol. The van der Waals surface area contributed by atoms with E-state index in [1.165, 1.54) is 36.3 Å². The summed E-state index contributed by atoms with van der Waals surface area (Å²) in [6.07, 6.45) is 3.19. The Balaban J connectivity index is 1.51. The summed E-state index contributed by atoms with van der Waals surface area (Å²) in [5.41, 5.74) is 1.94. The highest BCUT2D eigenvalue weighted by molar-refractivity contribution is 7.15. The second-order valence-corrected chi connectivity index (χ2v) is 10.1. The van der Waals surface area contributed by atoms with Crippen molar-refractivity contribution in [1.29, 1.82) is 0 Å². The molecule has 0 spiro atoms. The normalized spacial score (nSPS) is 14.8. The van der Waals surface area contributed by atoms with Gasteiger partial charge in [0.2, 0.25) is 0 Å². The SMILES string of the molecule is COC(=O)CCCc1ccc(C(F)(F)Cc2cc(F)ccc2-c2ccc(C3(C)CC3)s2)cc1. The number of halogens is 3. The molecule has 1 aliphatic carbocycles. The zero-order valence-corrected chi connectivity index (χ0v) is 19.6. The Morgan fingerprint density at radius 2 is 1.82 bits per heavy atom. The van der Waals surface area contributed by atoms with Crippen molar-refractivity contribution in [2.24, 2.45) is 0 Å². The highest BCUT2D eigenvalue weighted by atomic mass is 32.1. The van der Waals surface area contributed by atoms with Crippen LogP contribution in [-0.2, 0) is 33.7 Å². The van der Waals surface area contributed by atoms with Crippen LogP contribution in [0.15, 0.2) is 54.6 Å². The van der Waals surface area contributed by atoms with Crippen LogP contribution < -0.4 is 0 Å². The molecule has 1 aliphatic rings. The Morgan fingerprint density at radius 3 is 2.48 bits per heavy atom. The topological polar surface area (TPSA) is 26.3 Å². The lowest BCUT2D eigenvalue weighted by molar-refractivity contribution is -0.140. The zero-order chi connectivity index (χ0) is 23.6. The van der Waals surface area contributed by atoms with Gasteiger partial charge in [-0.1, -0.05) is 37.3 Å². The molecule has 2 aromatic carbocycles. The lowest BCUT2D eigenvalue weighted by atomic mass is 9.95. The second kappa shape index (κ2) is 9.34. The molecule has 0 unspecified atom stereocenters. The first-order valence-electron chi connectivity index (χ1n) is 11.1. The Morgan fingerprint density at radius 1 is 1.09 bits per heavy atom. The number of carbonyl (C=O) groups excluding carboxylic acids is 1. The van der Waals surface area contributed by atoms with Gasteiger partial charge in [-0.2, -0.15) is 0 Å². The number of hydrogen-bond donors (Lipinski definition) is 0. The summed E-state index contributed by atoms with van der Waals surface area (Å²) < 4.78 is 49.1. The molecular weight excluding hydrogens is 445 g/mol. The number of rotatable bonds is 9. The van der Waals surface area contributed by atoms with Gasteiger partial charge >= 0.3 is 5.97 Å². The molecule has 0 radical (unpaired) electrons. The standard InChI is InChI=1S/C27H27F3O2S/c1-26(14-15-26)24-13-12-23(33-24)22-11-10-21(28)16-19(22)17-27(29,30)20-8-6-18(7-9-20)4-3-5-25(31)32-2/h6-13,16H,3-5,14-15,17H2,1-2H3. The fourth-order valence-corrected chi connectivity index (χ4v) is 5.25. The number of hydrogen-bond acceptors (Lipinski definition) is 3. The van der Waals surface area contributed by atoms with Crippen LogP contribution in [0, 0.1) is 5.82 Å². The molecule has 174 valence electrons. The maximum Gasteiger partial charge on any atom is 0.305 e.